The van der Waals surface area contributed by atoms with E-state index in [0.717, 1.165) is 23.3 Å². The number of hydrogen-bond donors (Lipinski definition) is 2. The van der Waals surface area contributed by atoms with E-state index in [-0.39, 0.29) is 5.91 Å². The Morgan fingerprint density at radius 1 is 0.971 bits per heavy atom. The van der Waals surface area contributed by atoms with Crippen LogP contribution < -0.4 is 10.6 Å². The molecule has 2 N–H and O–H groups in total. The summed E-state index contributed by atoms with van der Waals surface area (Å²) in [4.78, 5) is 53.3. The highest BCUT2D eigenvalue weighted by Gasteiger charge is 2.49. The van der Waals surface area contributed by atoms with Gasteiger partial charge in [0.1, 0.15) is 12.1 Å². The summed E-state index contributed by atoms with van der Waals surface area (Å²) in [5, 5.41) is 5.41. The molecule has 1 unspecified atom stereocenters. The van der Waals surface area contributed by atoms with Gasteiger partial charge in [-0.05, 0) is 62.6 Å². The zero-order valence-electron chi connectivity index (χ0n) is 20.2. The van der Waals surface area contributed by atoms with Crippen LogP contribution in [0.2, 0.25) is 0 Å². The molecule has 0 spiro atoms. The molecule has 1 aliphatic rings. The van der Waals surface area contributed by atoms with E-state index in [4.69, 9.17) is 0 Å². The maximum atomic E-state index is 13.1. The van der Waals surface area contributed by atoms with E-state index in [1.54, 1.807) is 36.1 Å². The molecule has 180 valence electrons. The van der Waals surface area contributed by atoms with E-state index in [2.05, 4.69) is 17.6 Å². The first-order valence-electron chi connectivity index (χ1n) is 11.7. The van der Waals surface area contributed by atoms with E-state index in [1.807, 2.05) is 38.1 Å². The second kappa shape index (κ2) is 10.5. The number of amides is 5. The number of benzene rings is 2. The normalized spacial score (nSPS) is 17.5. The van der Waals surface area contributed by atoms with Gasteiger partial charge < -0.3 is 15.5 Å². The Balaban J connectivity index is 1.65. The van der Waals surface area contributed by atoms with Gasteiger partial charge in [0, 0.05) is 24.3 Å². The zero-order chi connectivity index (χ0) is 24.9. The number of rotatable bonds is 9. The largest absolute Gasteiger partial charge is 0.339 e. The minimum atomic E-state index is -1.23. The molecule has 1 aliphatic heterocycles. The number of anilines is 1. The molecule has 0 bridgehead atoms. The average Bonchev–Trinajstić information content (AvgIpc) is 3.04. The number of urea groups is 1. The molecule has 1 saturated heterocycles. The molecule has 8 nitrogen and oxygen atoms in total. The fourth-order valence-electron chi connectivity index (χ4n) is 4.06. The molecule has 1 fully saturated rings. The number of carbonyl (C=O) groups is 4. The molecule has 0 aliphatic carbocycles. The lowest BCUT2D eigenvalue weighted by Gasteiger charge is -2.22. The number of aryl methyl sites for hydroxylation is 1. The molecular weight excluding hydrogens is 432 g/mol. The van der Waals surface area contributed by atoms with E-state index in [0.29, 0.717) is 29.9 Å². The Labute approximate surface area is 200 Å². The van der Waals surface area contributed by atoms with Gasteiger partial charge in [0.25, 0.3) is 11.8 Å². The highest BCUT2D eigenvalue weighted by Crippen LogP contribution is 2.29. The van der Waals surface area contributed by atoms with Crippen molar-refractivity contribution in [3.8, 4) is 0 Å². The van der Waals surface area contributed by atoms with Crippen molar-refractivity contribution in [3.63, 3.8) is 0 Å². The summed E-state index contributed by atoms with van der Waals surface area (Å²) in [6, 6.07) is 13.5. The van der Waals surface area contributed by atoms with Crippen molar-refractivity contribution in [2.24, 2.45) is 0 Å². The molecule has 3 rings (SSSR count). The minimum Gasteiger partial charge on any atom is -0.339 e. The number of carbonyl (C=O) groups excluding carboxylic acids is 4. The SMILES string of the molecule is CCCc1ccc(C2(C)NC(=O)N(CC(=O)Nc3ccc(C(=O)N(CC)CC)cc3)C2=O)cc1. The van der Waals surface area contributed by atoms with Gasteiger partial charge in [-0.1, -0.05) is 37.6 Å². The Morgan fingerprint density at radius 3 is 2.15 bits per heavy atom. The van der Waals surface area contributed by atoms with Gasteiger partial charge in [0.2, 0.25) is 5.91 Å². The molecule has 0 radical (unpaired) electrons. The van der Waals surface area contributed by atoms with Crippen molar-refractivity contribution >= 4 is 29.4 Å². The zero-order valence-corrected chi connectivity index (χ0v) is 20.2. The fourth-order valence-corrected chi connectivity index (χ4v) is 4.06. The minimum absolute atomic E-state index is 0.0794. The third-order valence-electron chi connectivity index (χ3n) is 6.11. The average molecular weight is 465 g/mol. The van der Waals surface area contributed by atoms with Crippen molar-refractivity contribution in [2.45, 2.75) is 46.1 Å². The van der Waals surface area contributed by atoms with E-state index in [1.165, 1.54) is 0 Å². The van der Waals surface area contributed by atoms with Gasteiger partial charge in [-0.25, -0.2) is 4.79 Å². The molecule has 2 aromatic rings. The van der Waals surface area contributed by atoms with Crippen LogP contribution in [-0.2, 0) is 21.5 Å². The maximum Gasteiger partial charge on any atom is 0.325 e. The Bertz CT molecular complexity index is 1060. The third-order valence-corrected chi connectivity index (χ3v) is 6.11. The quantitative estimate of drug-likeness (QED) is 0.555. The molecule has 1 heterocycles. The summed E-state index contributed by atoms with van der Waals surface area (Å²) >= 11 is 0. The standard InChI is InChI=1S/C26H32N4O4/c1-5-8-18-9-13-20(14-10-18)26(4)24(33)30(25(34)28-26)17-22(31)27-21-15-11-19(12-16-21)23(32)29(6-2)7-3/h9-16H,5-8,17H2,1-4H3,(H,27,31)(H,28,34). The predicted molar refractivity (Wildman–Crippen MR) is 130 cm³/mol. The van der Waals surface area contributed by atoms with Gasteiger partial charge >= 0.3 is 6.03 Å². The van der Waals surface area contributed by atoms with Crippen LogP contribution in [0.15, 0.2) is 48.5 Å². The topological polar surface area (TPSA) is 98.8 Å². The van der Waals surface area contributed by atoms with Crippen molar-refractivity contribution < 1.29 is 19.2 Å². The summed E-state index contributed by atoms with van der Waals surface area (Å²) in [5.74, 6) is -1.06. The highest BCUT2D eigenvalue weighted by atomic mass is 16.2. The number of imide groups is 1. The first-order valence-corrected chi connectivity index (χ1v) is 11.7. The lowest BCUT2D eigenvalue weighted by molar-refractivity contribution is -0.133. The maximum absolute atomic E-state index is 13.1. The molecule has 0 saturated carbocycles. The highest BCUT2D eigenvalue weighted by molar-refractivity contribution is 6.10. The second-order valence-corrected chi connectivity index (χ2v) is 8.50. The van der Waals surface area contributed by atoms with Gasteiger partial charge in [-0.15, -0.1) is 0 Å². The number of nitrogens with one attached hydrogen (secondary N) is 2. The first kappa shape index (κ1) is 25.0. The predicted octanol–water partition coefficient (Wildman–Crippen LogP) is 3.53. The lowest BCUT2D eigenvalue weighted by Crippen LogP contribution is -2.42. The first-order chi connectivity index (χ1) is 16.2. The third kappa shape index (κ3) is 5.11. The lowest BCUT2D eigenvalue weighted by atomic mass is 9.91. The molecule has 34 heavy (non-hydrogen) atoms. The van der Waals surface area contributed by atoms with E-state index in [9.17, 15) is 19.2 Å². The van der Waals surface area contributed by atoms with Crippen LogP contribution in [0.5, 0.6) is 0 Å². The molecule has 2 aromatic carbocycles. The van der Waals surface area contributed by atoms with Crippen LogP contribution in [0.25, 0.3) is 0 Å². The van der Waals surface area contributed by atoms with Gasteiger partial charge in [-0.3, -0.25) is 19.3 Å². The van der Waals surface area contributed by atoms with Gasteiger partial charge in [0.15, 0.2) is 0 Å². The van der Waals surface area contributed by atoms with Crippen LogP contribution >= 0.6 is 0 Å². The van der Waals surface area contributed by atoms with Crippen molar-refractivity contribution in [2.75, 3.05) is 25.0 Å². The van der Waals surface area contributed by atoms with Crippen LogP contribution in [-0.4, -0.2) is 53.2 Å². The van der Waals surface area contributed by atoms with E-state index < -0.39 is 29.9 Å². The van der Waals surface area contributed by atoms with Crippen molar-refractivity contribution in [1.29, 1.82) is 0 Å². The Morgan fingerprint density at radius 2 is 1.59 bits per heavy atom. The monoisotopic (exact) mass is 464 g/mol. The summed E-state index contributed by atoms with van der Waals surface area (Å²) in [6.07, 6.45) is 1.96. The summed E-state index contributed by atoms with van der Waals surface area (Å²) < 4.78 is 0. The van der Waals surface area contributed by atoms with Crippen LogP contribution in [0.3, 0.4) is 0 Å². The van der Waals surface area contributed by atoms with Gasteiger partial charge in [-0.2, -0.15) is 0 Å². The number of nitrogens with zero attached hydrogens (tertiary/aromatic N) is 2. The smallest absolute Gasteiger partial charge is 0.325 e. The van der Waals surface area contributed by atoms with Crippen LogP contribution in [0, 0.1) is 0 Å². The van der Waals surface area contributed by atoms with Crippen LogP contribution in [0.4, 0.5) is 10.5 Å². The van der Waals surface area contributed by atoms with Crippen molar-refractivity contribution in [3.05, 3.63) is 65.2 Å². The molecule has 0 aromatic heterocycles. The summed E-state index contributed by atoms with van der Waals surface area (Å²) in [5.41, 5.74) is 1.60. The molecular formula is C26H32N4O4. The summed E-state index contributed by atoms with van der Waals surface area (Å²) in [7, 11) is 0. The Hall–Kier alpha value is -3.68. The van der Waals surface area contributed by atoms with E-state index >= 15 is 0 Å². The molecule has 5 amide bonds. The second-order valence-electron chi connectivity index (χ2n) is 8.50. The number of hydrogen-bond acceptors (Lipinski definition) is 4. The molecule has 1 atom stereocenters. The van der Waals surface area contributed by atoms with Crippen molar-refractivity contribution in [1.82, 2.24) is 15.1 Å². The Kier molecular flexibility index (Phi) is 7.71. The summed E-state index contributed by atoms with van der Waals surface area (Å²) in [6.45, 7) is 8.39. The fraction of sp³-hybridized carbons (Fsp3) is 0.385. The van der Waals surface area contributed by atoms with Gasteiger partial charge in [0.05, 0.1) is 0 Å². The van der Waals surface area contributed by atoms with Crippen LogP contribution in [0.1, 0.15) is 55.6 Å². The molecule has 8 heteroatoms.